The summed E-state index contributed by atoms with van der Waals surface area (Å²) in [6.45, 7) is 1.05. The number of nitrogens with zero attached hydrogens (tertiary/aromatic N) is 2. The first-order valence-electron chi connectivity index (χ1n) is 6.25. The molecule has 0 aliphatic rings. The summed E-state index contributed by atoms with van der Waals surface area (Å²) in [5.74, 6) is 0.333. The minimum Gasteiger partial charge on any atom is -0.477 e. The van der Waals surface area contributed by atoms with Crippen LogP contribution in [0.3, 0.4) is 0 Å². The molecule has 1 heterocycles. The van der Waals surface area contributed by atoms with Crippen LogP contribution in [-0.4, -0.2) is 36.4 Å². The van der Waals surface area contributed by atoms with Crippen LogP contribution in [0.25, 0.3) is 10.9 Å². The van der Waals surface area contributed by atoms with Gasteiger partial charge in [-0.3, -0.25) is 0 Å². The maximum absolute atomic E-state index is 8.85. The van der Waals surface area contributed by atoms with Crippen molar-refractivity contribution in [1.82, 2.24) is 4.98 Å². The number of hydrogen-bond donors (Lipinski definition) is 2. The van der Waals surface area contributed by atoms with Gasteiger partial charge in [0.05, 0.1) is 17.7 Å². The predicted octanol–water partition coefficient (Wildman–Crippen LogP) is 1.74. The van der Waals surface area contributed by atoms with E-state index in [9.17, 15) is 0 Å². The summed E-state index contributed by atoms with van der Waals surface area (Å²) in [6.07, 6.45) is 0.737. The number of benzene rings is 1. The molecule has 6 heteroatoms. The fourth-order valence-electron chi connectivity index (χ4n) is 1.82. The highest BCUT2D eigenvalue weighted by molar-refractivity contribution is 6.02. The number of pyridine rings is 1. The van der Waals surface area contributed by atoms with Gasteiger partial charge in [-0.25, -0.2) is 4.98 Å². The molecule has 0 aliphatic carbocycles. The summed E-state index contributed by atoms with van der Waals surface area (Å²) in [7, 11) is 1.64. The number of nitrogens with two attached hydrogens (primary N) is 1. The molecular formula is C14H17N3O3. The van der Waals surface area contributed by atoms with Gasteiger partial charge in [0.2, 0.25) is 5.88 Å². The zero-order valence-electron chi connectivity index (χ0n) is 11.2. The Morgan fingerprint density at radius 1 is 1.35 bits per heavy atom. The van der Waals surface area contributed by atoms with Gasteiger partial charge in [-0.2, -0.15) is 0 Å². The third-order valence-electron chi connectivity index (χ3n) is 2.80. The highest BCUT2D eigenvalue weighted by Gasteiger charge is 2.12. The van der Waals surface area contributed by atoms with Gasteiger partial charge in [0, 0.05) is 25.5 Å². The Labute approximate surface area is 116 Å². The molecular weight excluding hydrogens is 258 g/mol. The fourth-order valence-corrected chi connectivity index (χ4v) is 1.82. The summed E-state index contributed by atoms with van der Waals surface area (Å²) in [5.41, 5.74) is 6.94. The van der Waals surface area contributed by atoms with E-state index in [2.05, 4.69) is 10.1 Å². The van der Waals surface area contributed by atoms with Crippen LogP contribution in [0.15, 0.2) is 35.5 Å². The Morgan fingerprint density at radius 2 is 2.15 bits per heavy atom. The van der Waals surface area contributed by atoms with Crippen molar-refractivity contribution in [3.8, 4) is 5.88 Å². The highest BCUT2D eigenvalue weighted by atomic mass is 16.5. The lowest BCUT2D eigenvalue weighted by Crippen LogP contribution is -2.16. The largest absolute Gasteiger partial charge is 0.477 e. The molecule has 3 N–H and O–H groups in total. The summed E-state index contributed by atoms with van der Waals surface area (Å²) in [4.78, 5) is 4.41. The number of para-hydroxylation sites is 1. The first-order chi connectivity index (χ1) is 9.76. The molecule has 0 bridgehead atoms. The second-order valence-electron chi connectivity index (χ2n) is 4.21. The Hall–Kier alpha value is -2.34. The monoisotopic (exact) mass is 275 g/mol. The second-order valence-corrected chi connectivity index (χ2v) is 4.21. The molecule has 0 saturated carbocycles. The summed E-state index contributed by atoms with van der Waals surface area (Å²) in [5, 5.41) is 12.8. The Bertz CT molecular complexity index is 614. The van der Waals surface area contributed by atoms with E-state index in [1.807, 2.05) is 24.3 Å². The van der Waals surface area contributed by atoms with Crippen molar-refractivity contribution in [2.75, 3.05) is 20.3 Å². The van der Waals surface area contributed by atoms with E-state index in [1.165, 1.54) is 0 Å². The Kier molecular flexibility index (Phi) is 4.73. The zero-order chi connectivity index (χ0) is 14.4. The molecule has 0 aliphatic heterocycles. The molecule has 1 aromatic heterocycles. The van der Waals surface area contributed by atoms with Gasteiger partial charge in [-0.1, -0.05) is 23.4 Å². The molecule has 0 saturated heterocycles. The highest BCUT2D eigenvalue weighted by Crippen LogP contribution is 2.22. The molecule has 0 fully saturated rings. The number of oxime groups is 1. The molecule has 0 spiro atoms. The number of hydrogen-bond acceptors (Lipinski definition) is 5. The van der Waals surface area contributed by atoms with Gasteiger partial charge in [-0.05, 0) is 12.1 Å². The average molecular weight is 275 g/mol. The van der Waals surface area contributed by atoms with Crippen molar-refractivity contribution in [2.45, 2.75) is 6.42 Å². The van der Waals surface area contributed by atoms with Gasteiger partial charge in [0.25, 0.3) is 0 Å². The van der Waals surface area contributed by atoms with E-state index in [0.29, 0.717) is 24.7 Å². The van der Waals surface area contributed by atoms with Crippen LogP contribution in [0, 0.1) is 0 Å². The van der Waals surface area contributed by atoms with Crippen molar-refractivity contribution in [3.63, 3.8) is 0 Å². The van der Waals surface area contributed by atoms with Crippen LogP contribution in [0.1, 0.15) is 12.0 Å². The van der Waals surface area contributed by atoms with Crippen LogP contribution < -0.4 is 10.5 Å². The molecule has 0 unspecified atom stereocenters. The molecule has 106 valence electrons. The topological polar surface area (TPSA) is 90.0 Å². The van der Waals surface area contributed by atoms with E-state index >= 15 is 0 Å². The standard InChI is InChI=1S/C14H17N3O3/c1-19-7-4-8-20-14-11(13(15)17-18)9-10-5-2-3-6-12(10)16-14/h2-3,5-6,9,18H,4,7-8H2,1H3,(H2,15,17). The van der Waals surface area contributed by atoms with Gasteiger partial charge in [0.15, 0.2) is 5.84 Å². The van der Waals surface area contributed by atoms with Crippen molar-refractivity contribution < 1.29 is 14.7 Å². The first kappa shape index (κ1) is 14.1. The van der Waals surface area contributed by atoms with Gasteiger partial charge in [0.1, 0.15) is 0 Å². The smallest absolute Gasteiger partial charge is 0.225 e. The first-order valence-corrected chi connectivity index (χ1v) is 6.25. The quantitative estimate of drug-likeness (QED) is 0.275. The molecule has 0 radical (unpaired) electrons. The van der Waals surface area contributed by atoms with Crippen molar-refractivity contribution >= 4 is 16.7 Å². The van der Waals surface area contributed by atoms with Crippen molar-refractivity contribution in [1.29, 1.82) is 0 Å². The molecule has 2 aromatic rings. The minimum atomic E-state index is -0.0232. The fraction of sp³-hybridized carbons (Fsp3) is 0.286. The second kappa shape index (κ2) is 6.72. The third kappa shape index (κ3) is 3.16. The van der Waals surface area contributed by atoms with Crippen LogP contribution in [0.5, 0.6) is 5.88 Å². The summed E-state index contributed by atoms with van der Waals surface area (Å²) < 4.78 is 10.6. The zero-order valence-corrected chi connectivity index (χ0v) is 11.2. The van der Waals surface area contributed by atoms with E-state index in [-0.39, 0.29) is 5.84 Å². The Morgan fingerprint density at radius 3 is 2.90 bits per heavy atom. The molecule has 0 amide bonds. The van der Waals surface area contributed by atoms with E-state index in [0.717, 1.165) is 17.3 Å². The van der Waals surface area contributed by atoms with Crippen LogP contribution in [-0.2, 0) is 4.74 Å². The summed E-state index contributed by atoms with van der Waals surface area (Å²) >= 11 is 0. The van der Waals surface area contributed by atoms with Crippen LogP contribution in [0.4, 0.5) is 0 Å². The normalized spacial score (nSPS) is 11.8. The lowest BCUT2D eigenvalue weighted by Gasteiger charge is -2.11. The van der Waals surface area contributed by atoms with Gasteiger partial charge in [-0.15, -0.1) is 0 Å². The van der Waals surface area contributed by atoms with Gasteiger partial charge < -0.3 is 20.4 Å². The predicted molar refractivity (Wildman–Crippen MR) is 76.2 cm³/mol. The number of fused-ring (bicyclic) bond motifs is 1. The third-order valence-corrected chi connectivity index (χ3v) is 2.80. The van der Waals surface area contributed by atoms with Gasteiger partial charge >= 0.3 is 0 Å². The number of rotatable bonds is 6. The summed E-state index contributed by atoms with van der Waals surface area (Å²) in [6, 6.07) is 9.38. The van der Waals surface area contributed by atoms with E-state index in [4.69, 9.17) is 20.4 Å². The maximum atomic E-state index is 8.85. The van der Waals surface area contributed by atoms with Crippen molar-refractivity contribution in [3.05, 3.63) is 35.9 Å². The molecule has 0 atom stereocenters. The van der Waals surface area contributed by atoms with E-state index < -0.39 is 0 Å². The Balaban J connectivity index is 2.33. The van der Waals surface area contributed by atoms with Crippen LogP contribution >= 0.6 is 0 Å². The lowest BCUT2D eigenvalue weighted by atomic mass is 10.1. The van der Waals surface area contributed by atoms with E-state index in [1.54, 1.807) is 13.2 Å². The van der Waals surface area contributed by atoms with Crippen LogP contribution in [0.2, 0.25) is 0 Å². The number of aromatic nitrogens is 1. The molecule has 2 rings (SSSR count). The van der Waals surface area contributed by atoms with Crippen molar-refractivity contribution in [2.24, 2.45) is 10.9 Å². The lowest BCUT2D eigenvalue weighted by molar-refractivity contribution is 0.170. The minimum absolute atomic E-state index is 0.0232. The molecule has 6 nitrogen and oxygen atoms in total. The number of ether oxygens (including phenoxy) is 2. The average Bonchev–Trinajstić information content (AvgIpc) is 2.50. The molecule has 1 aromatic carbocycles. The number of amidine groups is 1. The maximum Gasteiger partial charge on any atom is 0.225 e. The molecule has 20 heavy (non-hydrogen) atoms. The SMILES string of the molecule is COCCCOc1nc2ccccc2cc1C(N)=NO. The number of methoxy groups -OCH3 is 1.